The molecule has 1 atom stereocenters. The van der Waals surface area contributed by atoms with Crippen molar-refractivity contribution in [1.29, 1.82) is 0 Å². The highest BCUT2D eigenvalue weighted by molar-refractivity contribution is 6.35. The molecule has 0 aliphatic rings. The van der Waals surface area contributed by atoms with Gasteiger partial charge in [0, 0.05) is 10.6 Å². The van der Waals surface area contributed by atoms with Crippen LogP contribution in [0.3, 0.4) is 0 Å². The highest BCUT2D eigenvalue weighted by atomic mass is 35.5. The zero-order valence-electron chi connectivity index (χ0n) is 12.5. The second-order valence-corrected chi connectivity index (χ2v) is 5.63. The summed E-state index contributed by atoms with van der Waals surface area (Å²) in [5, 5.41) is 0.692. The van der Waals surface area contributed by atoms with Gasteiger partial charge in [-0.3, -0.25) is 20.4 Å². The predicted molar refractivity (Wildman–Crippen MR) is 88.6 cm³/mol. The molecular weight excluding hydrogens is 358 g/mol. The molecule has 5 nitrogen and oxygen atoms in total. The molecule has 2 aromatic carbocycles. The Kier molecular flexibility index (Phi) is 6.00. The molecule has 0 radical (unpaired) electrons. The highest BCUT2D eigenvalue weighted by Gasteiger charge is 2.17. The van der Waals surface area contributed by atoms with Crippen LogP contribution < -0.4 is 15.6 Å². The molecule has 0 saturated carbocycles. The second kappa shape index (κ2) is 7.99. The number of benzene rings is 2. The van der Waals surface area contributed by atoms with E-state index in [9.17, 15) is 14.0 Å². The normalized spacial score (nSPS) is 11.5. The van der Waals surface area contributed by atoms with Gasteiger partial charge in [-0.05, 0) is 43.3 Å². The van der Waals surface area contributed by atoms with Crippen molar-refractivity contribution in [3.05, 3.63) is 63.9 Å². The first-order valence-electron chi connectivity index (χ1n) is 6.84. The van der Waals surface area contributed by atoms with E-state index in [0.717, 1.165) is 6.07 Å². The van der Waals surface area contributed by atoms with Gasteiger partial charge in [-0.15, -0.1) is 0 Å². The van der Waals surface area contributed by atoms with Gasteiger partial charge in [0.25, 0.3) is 11.8 Å². The summed E-state index contributed by atoms with van der Waals surface area (Å²) in [6.07, 6.45) is -0.934. The minimum atomic E-state index is -0.934. The maximum absolute atomic E-state index is 13.1. The Morgan fingerprint density at radius 1 is 1.12 bits per heavy atom. The lowest BCUT2D eigenvalue weighted by Crippen LogP contribution is -2.47. The number of hydrogen-bond acceptors (Lipinski definition) is 3. The first kappa shape index (κ1) is 18.0. The number of nitrogens with one attached hydrogen (secondary N) is 2. The highest BCUT2D eigenvalue weighted by Crippen LogP contribution is 2.28. The fraction of sp³-hybridized carbons (Fsp3) is 0.125. The van der Waals surface area contributed by atoms with E-state index in [1.165, 1.54) is 37.3 Å². The molecule has 8 heteroatoms. The number of ether oxygens (including phenoxy) is 1. The molecule has 0 spiro atoms. The van der Waals surface area contributed by atoms with Crippen LogP contribution in [0.1, 0.15) is 17.3 Å². The van der Waals surface area contributed by atoms with Crippen LogP contribution in [0.5, 0.6) is 5.75 Å². The van der Waals surface area contributed by atoms with E-state index >= 15 is 0 Å². The molecule has 0 fully saturated rings. The summed E-state index contributed by atoms with van der Waals surface area (Å²) >= 11 is 11.7. The van der Waals surface area contributed by atoms with E-state index in [0.29, 0.717) is 5.02 Å². The number of carbonyl (C=O) groups is 2. The Morgan fingerprint density at radius 2 is 1.88 bits per heavy atom. The van der Waals surface area contributed by atoms with E-state index in [-0.39, 0.29) is 16.3 Å². The van der Waals surface area contributed by atoms with Gasteiger partial charge in [-0.1, -0.05) is 29.3 Å². The van der Waals surface area contributed by atoms with Gasteiger partial charge in [0.05, 0.1) is 5.02 Å². The van der Waals surface area contributed by atoms with Crippen LogP contribution >= 0.6 is 23.2 Å². The number of halogens is 3. The van der Waals surface area contributed by atoms with E-state index in [1.807, 2.05) is 0 Å². The molecular formula is C16H13Cl2FN2O3. The predicted octanol–water partition coefficient (Wildman–Crippen LogP) is 3.36. The second-order valence-electron chi connectivity index (χ2n) is 4.79. The van der Waals surface area contributed by atoms with Gasteiger partial charge >= 0.3 is 0 Å². The Balaban J connectivity index is 1.90. The number of rotatable bonds is 4. The summed E-state index contributed by atoms with van der Waals surface area (Å²) in [4.78, 5) is 23.7. The Bertz CT molecular complexity index is 771. The van der Waals surface area contributed by atoms with Crippen molar-refractivity contribution >= 4 is 35.0 Å². The standard InChI is InChI=1S/C16H13Cl2FN2O3/c1-9(24-14-6-5-11(17)8-13(14)18)15(22)20-21-16(23)10-3-2-4-12(19)7-10/h2-9H,1H3,(H,20,22)(H,21,23)/t9-/m1/s1. The monoisotopic (exact) mass is 370 g/mol. The molecule has 2 amide bonds. The van der Waals surface area contributed by atoms with Crippen LogP contribution in [0.2, 0.25) is 10.0 Å². The van der Waals surface area contributed by atoms with Crippen molar-refractivity contribution < 1.29 is 18.7 Å². The van der Waals surface area contributed by atoms with E-state index in [4.69, 9.17) is 27.9 Å². The third kappa shape index (κ3) is 4.84. The van der Waals surface area contributed by atoms with Crippen molar-refractivity contribution in [2.24, 2.45) is 0 Å². The van der Waals surface area contributed by atoms with Crippen LogP contribution in [0.25, 0.3) is 0 Å². The van der Waals surface area contributed by atoms with Gasteiger partial charge in [-0.25, -0.2) is 4.39 Å². The summed E-state index contributed by atoms with van der Waals surface area (Å²) in [7, 11) is 0. The van der Waals surface area contributed by atoms with Gasteiger partial charge < -0.3 is 4.74 Å². The number of amides is 2. The Hall–Kier alpha value is -2.31. The fourth-order valence-corrected chi connectivity index (χ4v) is 2.19. The largest absolute Gasteiger partial charge is 0.479 e. The molecule has 0 heterocycles. The van der Waals surface area contributed by atoms with Crippen LogP contribution in [0, 0.1) is 5.82 Å². The lowest BCUT2D eigenvalue weighted by Gasteiger charge is -2.16. The molecule has 0 saturated heterocycles. The van der Waals surface area contributed by atoms with Gasteiger partial charge in [-0.2, -0.15) is 0 Å². The third-order valence-electron chi connectivity index (χ3n) is 2.95. The lowest BCUT2D eigenvalue weighted by atomic mass is 10.2. The SMILES string of the molecule is C[C@@H](Oc1ccc(Cl)cc1Cl)C(=O)NNC(=O)c1cccc(F)c1. The maximum atomic E-state index is 13.1. The zero-order chi connectivity index (χ0) is 17.7. The van der Waals surface area contributed by atoms with Crippen LogP contribution in [-0.4, -0.2) is 17.9 Å². The van der Waals surface area contributed by atoms with Gasteiger partial charge in [0.15, 0.2) is 6.10 Å². The number of hydrazine groups is 1. The molecule has 2 rings (SSSR count). The van der Waals surface area contributed by atoms with E-state index < -0.39 is 23.7 Å². The topological polar surface area (TPSA) is 67.4 Å². The molecule has 0 aliphatic heterocycles. The first-order valence-corrected chi connectivity index (χ1v) is 7.60. The van der Waals surface area contributed by atoms with Gasteiger partial charge in [0.1, 0.15) is 11.6 Å². The van der Waals surface area contributed by atoms with Crippen LogP contribution in [0.15, 0.2) is 42.5 Å². The van der Waals surface area contributed by atoms with Crippen molar-refractivity contribution in [2.45, 2.75) is 13.0 Å². The van der Waals surface area contributed by atoms with Crippen molar-refractivity contribution in [3.63, 3.8) is 0 Å². The molecule has 24 heavy (non-hydrogen) atoms. The molecule has 126 valence electrons. The Morgan fingerprint density at radius 3 is 2.54 bits per heavy atom. The third-order valence-corrected chi connectivity index (χ3v) is 3.48. The zero-order valence-corrected chi connectivity index (χ0v) is 14.0. The summed E-state index contributed by atoms with van der Waals surface area (Å²) in [5.74, 6) is -1.53. The molecule has 0 bridgehead atoms. The van der Waals surface area contributed by atoms with Crippen molar-refractivity contribution in [1.82, 2.24) is 10.9 Å². The molecule has 2 aromatic rings. The average molecular weight is 371 g/mol. The van der Waals surface area contributed by atoms with Crippen LogP contribution in [0.4, 0.5) is 4.39 Å². The Labute approximate surface area is 147 Å². The summed E-state index contributed by atoms with van der Waals surface area (Å²) in [5.41, 5.74) is 4.45. The van der Waals surface area contributed by atoms with E-state index in [2.05, 4.69) is 10.9 Å². The summed E-state index contributed by atoms with van der Waals surface area (Å²) in [6.45, 7) is 1.48. The summed E-state index contributed by atoms with van der Waals surface area (Å²) in [6, 6.07) is 9.64. The fourth-order valence-electron chi connectivity index (χ4n) is 1.74. The average Bonchev–Trinajstić information content (AvgIpc) is 2.54. The molecule has 0 aromatic heterocycles. The quantitative estimate of drug-likeness (QED) is 0.810. The lowest BCUT2D eigenvalue weighted by molar-refractivity contribution is -0.128. The first-order chi connectivity index (χ1) is 11.4. The number of hydrogen-bond donors (Lipinski definition) is 2. The van der Waals surface area contributed by atoms with Crippen molar-refractivity contribution in [3.8, 4) is 5.75 Å². The summed E-state index contributed by atoms with van der Waals surface area (Å²) < 4.78 is 18.5. The van der Waals surface area contributed by atoms with Gasteiger partial charge in [0.2, 0.25) is 0 Å². The minimum absolute atomic E-state index is 0.0737. The molecule has 0 aliphatic carbocycles. The molecule has 0 unspecified atom stereocenters. The minimum Gasteiger partial charge on any atom is -0.479 e. The number of carbonyl (C=O) groups excluding carboxylic acids is 2. The molecule has 2 N–H and O–H groups in total. The smallest absolute Gasteiger partial charge is 0.279 e. The van der Waals surface area contributed by atoms with Crippen LogP contribution in [-0.2, 0) is 4.79 Å². The van der Waals surface area contributed by atoms with Crippen molar-refractivity contribution in [2.75, 3.05) is 0 Å². The maximum Gasteiger partial charge on any atom is 0.279 e. The van der Waals surface area contributed by atoms with E-state index in [1.54, 1.807) is 6.07 Å².